The smallest absolute Gasteiger partial charge is 0.303 e. The Hall–Kier alpha value is -0.790. The molecule has 0 saturated carbocycles. The quantitative estimate of drug-likeness (QED) is 0.387. The molecule has 0 aliphatic carbocycles. The van der Waals surface area contributed by atoms with Crippen molar-refractivity contribution in [2.75, 3.05) is 0 Å². The highest BCUT2D eigenvalue weighted by Gasteiger charge is 1.94. The Balaban J connectivity index is 3.07. The zero-order valence-corrected chi connectivity index (χ0v) is 11.3. The monoisotopic (exact) mass is 240 g/mol. The van der Waals surface area contributed by atoms with Crippen molar-refractivity contribution in [1.29, 1.82) is 0 Å². The first-order valence-corrected chi connectivity index (χ1v) is 7.14. The van der Waals surface area contributed by atoms with E-state index in [1.54, 1.807) is 0 Å². The van der Waals surface area contributed by atoms with Crippen LogP contribution >= 0.6 is 0 Å². The van der Waals surface area contributed by atoms with Crippen LogP contribution in [0.2, 0.25) is 0 Å². The van der Waals surface area contributed by atoms with E-state index in [1.165, 1.54) is 38.5 Å². The Labute approximate surface area is 106 Å². The van der Waals surface area contributed by atoms with Gasteiger partial charge in [-0.15, -0.1) is 0 Å². The zero-order chi connectivity index (χ0) is 12.8. The number of carbonyl (C=O) groups is 1. The first-order valence-electron chi connectivity index (χ1n) is 7.14. The van der Waals surface area contributed by atoms with Gasteiger partial charge in [-0.1, -0.05) is 51.2 Å². The van der Waals surface area contributed by atoms with Gasteiger partial charge in [-0.05, 0) is 32.1 Å². The summed E-state index contributed by atoms with van der Waals surface area (Å²) in [6, 6.07) is 0. The fourth-order valence-corrected chi connectivity index (χ4v) is 1.82. The van der Waals surface area contributed by atoms with Gasteiger partial charge in [0.1, 0.15) is 0 Å². The van der Waals surface area contributed by atoms with Crippen LogP contribution in [0.25, 0.3) is 0 Å². The second kappa shape index (κ2) is 13.3. The molecule has 0 bridgehead atoms. The Bertz CT molecular complexity index is 197. The summed E-state index contributed by atoms with van der Waals surface area (Å²) in [6.45, 7) is 2.24. The summed E-state index contributed by atoms with van der Waals surface area (Å²) in [5.41, 5.74) is 0. The molecule has 0 spiro atoms. The lowest BCUT2D eigenvalue weighted by atomic mass is 10.1. The minimum absolute atomic E-state index is 0.321. The highest BCUT2D eigenvalue weighted by molar-refractivity contribution is 5.66. The van der Waals surface area contributed by atoms with Gasteiger partial charge >= 0.3 is 5.97 Å². The summed E-state index contributed by atoms with van der Waals surface area (Å²) < 4.78 is 0. The summed E-state index contributed by atoms with van der Waals surface area (Å²) in [5, 5.41) is 8.46. The number of hydrogen-bond acceptors (Lipinski definition) is 1. The van der Waals surface area contributed by atoms with Crippen molar-refractivity contribution < 1.29 is 9.90 Å². The van der Waals surface area contributed by atoms with E-state index in [4.69, 9.17) is 5.11 Å². The molecule has 0 rings (SSSR count). The van der Waals surface area contributed by atoms with Gasteiger partial charge in [-0.3, -0.25) is 4.79 Å². The van der Waals surface area contributed by atoms with Gasteiger partial charge in [-0.25, -0.2) is 0 Å². The zero-order valence-electron chi connectivity index (χ0n) is 11.3. The van der Waals surface area contributed by atoms with Crippen LogP contribution in [0, 0.1) is 0 Å². The maximum Gasteiger partial charge on any atom is 0.303 e. The molecule has 0 heterocycles. The van der Waals surface area contributed by atoms with E-state index in [1.807, 2.05) is 0 Å². The van der Waals surface area contributed by atoms with Crippen molar-refractivity contribution in [3.8, 4) is 0 Å². The normalized spacial score (nSPS) is 11.1. The summed E-state index contributed by atoms with van der Waals surface area (Å²) in [5.74, 6) is -0.673. The van der Waals surface area contributed by atoms with Crippen LogP contribution < -0.4 is 0 Å². The molecule has 0 aliphatic heterocycles. The van der Waals surface area contributed by atoms with Gasteiger partial charge in [0.25, 0.3) is 0 Å². The largest absolute Gasteiger partial charge is 0.481 e. The third-order valence-corrected chi connectivity index (χ3v) is 2.90. The van der Waals surface area contributed by atoms with Crippen LogP contribution in [0.1, 0.15) is 77.6 Å². The molecule has 0 amide bonds. The summed E-state index contributed by atoms with van der Waals surface area (Å²) in [6.07, 6.45) is 16.9. The Morgan fingerprint density at radius 2 is 1.41 bits per heavy atom. The number of aliphatic carboxylic acids is 1. The third kappa shape index (κ3) is 15.2. The Morgan fingerprint density at radius 3 is 1.94 bits per heavy atom. The minimum atomic E-state index is -0.673. The SMILES string of the molecule is CCCCCCC/C=C\CCCCCC(=O)O. The molecule has 0 aliphatic rings. The van der Waals surface area contributed by atoms with Crippen LogP contribution in [0.15, 0.2) is 12.2 Å². The van der Waals surface area contributed by atoms with E-state index in [-0.39, 0.29) is 0 Å². The van der Waals surface area contributed by atoms with Crippen molar-refractivity contribution in [3.63, 3.8) is 0 Å². The molecule has 0 radical (unpaired) electrons. The number of unbranched alkanes of at least 4 members (excludes halogenated alkanes) is 8. The molecular formula is C15H28O2. The van der Waals surface area contributed by atoms with E-state index in [9.17, 15) is 4.79 Å². The van der Waals surface area contributed by atoms with Gasteiger partial charge in [0.15, 0.2) is 0 Å². The van der Waals surface area contributed by atoms with Crippen LogP contribution in [0.5, 0.6) is 0 Å². The van der Waals surface area contributed by atoms with Crippen LogP contribution in [-0.4, -0.2) is 11.1 Å². The second-order valence-electron chi connectivity index (χ2n) is 4.67. The average Bonchev–Trinajstić information content (AvgIpc) is 2.30. The van der Waals surface area contributed by atoms with E-state index >= 15 is 0 Å². The summed E-state index contributed by atoms with van der Waals surface area (Å²) in [7, 11) is 0. The van der Waals surface area contributed by atoms with Crippen molar-refractivity contribution in [3.05, 3.63) is 12.2 Å². The number of carboxylic acids is 1. The van der Waals surface area contributed by atoms with Crippen LogP contribution in [-0.2, 0) is 4.79 Å². The fourth-order valence-electron chi connectivity index (χ4n) is 1.82. The van der Waals surface area contributed by atoms with Gasteiger partial charge in [-0.2, -0.15) is 0 Å². The number of rotatable bonds is 12. The lowest BCUT2D eigenvalue weighted by Crippen LogP contribution is -1.93. The lowest BCUT2D eigenvalue weighted by Gasteiger charge is -1.97. The van der Waals surface area contributed by atoms with Gasteiger partial charge in [0, 0.05) is 6.42 Å². The number of hydrogen-bond donors (Lipinski definition) is 1. The molecule has 2 nitrogen and oxygen atoms in total. The molecule has 1 N–H and O–H groups in total. The third-order valence-electron chi connectivity index (χ3n) is 2.90. The molecule has 0 aromatic rings. The van der Waals surface area contributed by atoms with Gasteiger partial charge in [0.2, 0.25) is 0 Å². The standard InChI is InChI=1S/C15H28O2/c1-2-3-4-5-6-7-8-9-10-11-12-13-14-15(16)17/h8-9H,2-7,10-14H2,1H3,(H,16,17)/b9-8-. The highest BCUT2D eigenvalue weighted by atomic mass is 16.4. The van der Waals surface area contributed by atoms with Crippen molar-refractivity contribution in [2.24, 2.45) is 0 Å². The topological polar surface area (TPSA) is 37.3 Å². The van der Waals surface area contributed by atoms with Crippen molar-refractivity contribution in [2.45, 2.75) is 77.6 Å². The predicted molar refractivity (Wildman–Crippen MR) is 73.2 cm³/mol. The lowest BCUT2D eigenvalue weighted by molar-refractivity contribution is -0.137. The average molecular weight is 240 g/mol. The highest BCUT2D eigenvalue weighted by Crippen LogP contribution is 2.07. The van der Waals surface area contributed by atoms with Crippen molar-refractivity contribution in [1.82, 2.24) is 0 Å². The Morgan fingerprint density at radius 1 is 0.882 bits per heavy atom. The molecule has 0 saturated heterocycles. The molecule has 0 aromatic heterocycles. The molecule has 0 unspecified atom stereocenters. The number of carboxylic acid groups (broad SMARTS) is 1. The molecule has 2 heteroatoms. The summed E-state index contributed by atoms with van der Waals surface area (Å²) >= 11 is 0. The molecule has 0 fully saturated rings. The molecule has 100 valence electrons. The Kier molecular flexibility index (Phi) is 12.7. The summed E-state index contributed by atoms with van der Waals surface area (Å²) in [4.78, 5) is 10.3. The molecular weight excluding hydrogens is 212 g/mol. The predicted octanol–water partition coefficient (Wildman–Crippen LogP) is 4.94. The van der Waals surface area contributed by atoms with E-state index in [0.717, 1.165) is 25.7 Å². The van der Waals surface area contributed by atoms with E-state index < -0.39 is 5.97 Å². The van der Waals surface area contributed by atoms with Gasteiger partial charge in [0.05, 0.1) is 0 Å². The van der Waals surface area contributed by atoms with Crippen molar-refractivity contribution >= 4 is 5.97 Å². The maximum atomic E-state index is 10.3. The molecule has 0 aromatic carbocycles. The molecule has 17 heavy (non-hydrogen) atoms. The fraction of sp³-hybridized carbons (Fsp3) is 0.800. The van der Waals surface area contributed by atoms with E-state index in [2.05, 4.69) is 19.1 Å². The first kappa shape index (κ1) is 16.2. The number of allylic oxidation sites excluding steroid dienone is 2. The van der Waals surface area contributed by atoms with E-state index in [0.29, 0.717) is 6.42 Å². The first-order chi connectivity index (χ1) is 8.27. The minimum Gasteiger partial charge on any atom is -0.481 e. The molecule has 0 atom stereocenters. The maximum absolute atomic E-state index is 10.3. The van der Waals surface area contributed by atoms with Gasteiger partial charge < -0.3 is 5.11 Å². The van der Waals surface area contributed by atoms with Crippen LogP contribution in [0.3, 0.4) is 0 Å². The second-order valence-corrected chi connectivity index (χ2v) is 4.67. The van der Waals surface area contributed by atoms with Crippen LogP contribution in [0.4, 0.5) is 0 Å².